The number of likely N-dealkylation sites (tertiary alicyclic amines) is 2. The van der Waals surface area contributed by atoms with Crippen molar-refractivity contribution in [1.29, 1.82) is 0 Å². The zero-order chi connectivity index (χ0) is 20.4. The van der Waals surface area contributed by atoms with Crippen LogP contribution in [0.3, 0.4) is 0 Å². The van der Waals surface area contributed by atoms with Crippen molar-refractivity contribution in [2.45, 2.75) is 44.6 Å². The van der Waals surface area contributed by atoms with Gasteiger partial charge in [-0.3, -0.25) is 0 Å². The van der Waals surface area contributed by atoms with E-state index in [9.17, 15) is 13.2 Å². The van der Waals surface area contributed by atoms with E-state index in [1.54, 1.807) is 4.90 Å². The van der Waals surface area contributed by atoms with Crippen LogP contribution in [0, 0.1) is 11.8 Å². The van der Waals surface area contributed by atoms with Crippen LogP contribution in [0.4, 0.5) is 4.79 Å². The lowest BCUT2D eigenvalue weighted by Gasteiger charge is -2.46. The quantitative estimate of drug-likeness (QED) is 0.712. The van der Waals surface area contributed by atoms with Gasteiger partial charge in [-0.1, -0.05) is 0 Å². The Morgan fingerprint density at radius 3 is 2.61 bits per heavy atom. The van der Waals surface area contributed by atoms with Gasteiger partial charge in [0.25, 0.3) is 0 Å². The van der Waals surface area contributed by atoms with Crippen LogP contribution in [-0.4, -0.2) is 93.5 Å². The largest absolute Gasteiger partial charge is 0.444 e. The minimum absolute atomic E-state index is 0.140. The Balaban J connectivity index is 1.42. The molecule has 0 aromatic heterocycles. The van der Waals surface area contributed by atoms with Crippen molar-refractivity contribution in [3.63, 3.8) is 0 Å². The smallest absolute Gasteiger partial charge is 0.410 e. The average Bonchev–Trinajstić information content (AvgIpc) is 2.58. The summed E-state index contributed by atoms with van der Waals surface area (Å²) in [6.45, 7) is 11.1. The number of piperidine rings is 1. The topological polar surface area (TPSA) is 88.2 Å². The summed E-state index contributed by atoms with van der Waals surface area (Å²) in [6.07, 6.45) is 1.99. The Bertz CT molecular complexity index is 636. The minimum Gasteiger partial charge on any atom is -0.444 e. The molecule has 1 N–H and O–H groups in total. The highest BCUT2D eigenvalue weighted by Crippen LogP contribution is 2.31. The molecule has 0 saturated carbocycles. The van der Waals surface area contributed by atoms with E-state index in [1.165, 1.54) is 0 Å². The third-order valence-corrected chi connectivity index (χ3v) is 7.61. The number of hydrogen-bond donors (Lipinski definition) is 1. The molecule has 0 aliphatic carbocycles. The molecule has 2 atom stereocenters. The second-order valence-corrected chi connectivity index (χ2v) is 11.5. The van der Waals surface area contributed by atoms with Gasteiger partial charge >= 0.3 is 6.09 Å². The summed E-state index contributed by atoms with van der Waals surface area (Å²) in [5, 5.41) is 3.08. The normalized spacial score (nSPS) is 28.0. The van der Waals surface area contributed by atoms with Crippen LogP contribution in [0.15, 0.2) is 0 Å². The number of morpholine rings is 1. The average molecular weight is 418 g/mol. The summed E-state index contributed by atoms with van der Waals surface area (Å²) in [6, 6.07) is 0. The molecule has 8 nitrogen and oxygen atoms in total. The van der Waals surface area contributed by atoms with Gasteiger partial charge in [-0.2, -0.15) is 0 Å². The van der Waals surface area contributed by atoms with Crippen molar-refractivity contribution in [2.24, 2.45) is 11.8 Å². The zero-order valence-electron chi connectivity index (χ0n) is 17.4. The van der Waals surface area contributed by atoms with E-state index >= 15 is 0 Å². The minimum atomic E-state index is -3.25. The van der Waals surface area contributed by atoms with Crippen LogP contribution in [0.25, 0.3) is 0 Å². The lowest BCUT2D eigenvalue weighted by molar-refractivity contribution is -0.0192. The van der Waals surface area contributed by atoms with Crippen LogP contribution >= 0.6 is 0 Å². The third-order valence-electron chi connectivity index (χ3n) is 5.76. The molecule has 0 aromatic carbocycles. The number of nitrogens with zero attached hydrogens (tertiary/aromatic N) is 2. The first-order valence-corrected chi connectivity index (χ1v) is 12.1. The molecule has 3 saturated heterocycles. The summed E-state index contributed by atoms with van der Waals surface area (Å²) >= 11 is 0. The van der Waals surface area contributed by atoms with Gasteiger partial charge in [-0.05, 0) is 52.0 Å². The fourth-order valence-electron chi connectivity index (χ4n) is 4.13. The van der Waals surface area contributed by atoms with Gasteiger partial charge in [0, 0.05) is 39.3 Å². The van der Waals surface area contributed by atoms with Gasteiger partial charge in [-0.25, -0.2) is 13.2 Å². The summed E-state index contributed by atoms with van der Waals surface area (Å²) in [5.74, 6) is 1.14. The highest BCUT2D eigenvalue weighted by atomic mass is 32.2. The molecule has 0 aromatic rings. The van der Waals surface area contributed by atoms with E-state index in [-0.39, 0.29) is 11.8 Å². The van der Waals surface area contributed by atoms with Crippen LogP contribution in [0.2, 0.25) is 0 Å². The van der Waals surface area contributed by atoms with Crippen molar-refractivity contribution >= 4 is 15.9 Å². The monoisotopic (exact) mass is 417 g/mol. The molecular formula is C19H35N3O5S. The molecule has 3 aliphatic rings. The van der Waals surface area contributed by atoms with Gasteiger partial charge in [0.1, 0.15) is 5.60 Å². The summed E-state index contributed by atoms with van der Waals surface area (Å²) in [4.78, 5) is 16.1. The van der Waals surface area contributed by atoms with Crippen molar-refractivity contribution in [2.75, 3.05) is 58.2 Å². The molecule has 162 valence electrons. The van der Waals surface area contributed by atoms with Gasteiger partial charge in [-0.15, -0.1) is 0 Å². The molecule has 0 radical (unpaired) electrons. The standard InChI is InChI=1S/C19H35N3O5S/c1-19(2,3)27-18(23)22-13-16(14-22)15-5-4-7-21(12-15)8-10-28(24,25)17-11-20-6-9-26-17/h15-17,20H,4-14H2,1-3H3. The maximum absolute atomic E-state index is 12.5. The molecule has 0 bridgehead atoms. The third kappa shape index (κ3) is 5.81. The predicted molar refractivity (Wildman–Crippen MR) is 107 cm³/mol. The Hall–Kier alpha value is -0.900. The number of sulfone groups is 1. The Kier molecular flexibility index (Phi) is 6.89. The van der Waals surface area contributed by atoms with E-state index in [2.05, 4.69) is 10.2 Å². The van der Waals surface area contributed by atoms with Crippen LogP contribution in [-0.2, 0) is 19.3 Å². The lowest BCUT2D eigenvalue weighted by Crippen LogP contribution is -2.56. The molecule has 1 amide bonds. The number of ether oxygens (including phenoxy) is 2. The molecule has 28 heavy (non-hydrogen) atoms. The molecular weight excluding hydrogens is 382 g/mol. The summed E-state index contributed by atoms with van der Waals surface area (Å²) in [5.41, 5.74) is -1.18. The van der Waals surface area contributed by atoms with Crippen molar-refractivity contribution < 1.29 is 22.7 Å². The Morgan fingerprint density at radius 2 is 1.96 bits per heavy atom. The number of carbonyl (C=O) groups is 1. The second kappa shape index (κ2) is 8.85. The summed E-state index contributed by atoms with van der Waals surface area (Å²) < 4.78 is 35.8. The van der Waals surface area contributed by atoms with Gasteiger partial charge < -0.3 is 24.6 Å². The van der Waals surface area contributed by atoms with Crippen LogP contribution < -0.4 is 5.32 Å². The lowest BCUT2D eigenvalue weighted by atomic mass is 9.81. The number of amides is 1. The second-order valence-electron chi connectivity index (χ2n) is 9.22. The maximum atomic E-state index is 12.5. The Labute approximate surface area is 168 Å². The Morgan fingerprint density at radius 1 is 1.21 bits per heavy atom. The molecule has 2 unspecified atom stereocenters. The zero-order valence-corrected chi connectivity index (χ0v) is 18.2. The summed E-state index contributed by atoms with van der Waals surface area (Å²) in [7, 11) is -3.25. The number of hydrogen-bond acceptors (Lipinski definition) is 7. The SMILES string of the molecule is CC(C)(C)OC(=O)N1CC(C2CCCN(CCS(=O)(=O)C3CNCCO3)C2)C1. The fraction of sp³-hybridized carbons (Fsp3) is 0.947. The van der Waals surface area contributed by atoms with Crippen LogP contribution in [0.1, 0.15) is 33.6 Å². The highest BCUT2D eigenvalue weighted by Gasteiger charge is 2.39. The maximum Gasteiger partial charge on any atom is 0.410 e. The first kappa shape index (κ1) is 21.8. The molecule has 3 heterocycles. The van der Waals surface area contributed by atoms with E-state index in [4.69, 9.17) is 9.47 Å². The molecule has 3 aliphatic heterocycles. The fourth-order valence-corrected chi connectivity index (χ4v) is 5.58. The van der Waals surface area contributed by atoms with Gasteiger partial charge in [0.05, 0.1) is 12.4 Å². The van der Waals surface area contributed by atoms with Crippen molar-refractivity contribution in [1.82, 2.24) is 15.1 Å². The molecule has 3 fully saturated rings. The molecule has 3 rings (SSSR count). The van der Waals surface area contributed by atoms with E-state index < -0.39 is 20.9 Å². The first-order chi connectivity index (χ1) is 13.1. The van der Waals surface area contributed by atoms with E-state index in [0.29, 0.717) is 38.1 Å². The number of nitrogens with one attached hydrogen (secondary N) is 1. The number of rotatable bonds is 5. The van der Waals surface area contributed by atoms with Gasteiger partial charge in [0.15, 0.2) is 15.3 Å². The first-order valence-electron chi connectivity index (χ1n) is 10.4. The van der Waals surface area contributed by atoms with Gasteiger partial charge in [0.2, 0.25) is 0 Å². The predicted octanol–water partition coefficient (Wildman–Crippen LogP) is 0.926. The van der Waals surface area contributed by atoms with Crippen molar-refractivity contribution in [3.05, 3.63) is 0 Å². The van der Waals surface area contributed by atoms with E-state index in [0.717, 1.165) is 39.0 Å². The number of carbonyl (C=O) groups excluding carboxylic acids is 1. The molecule has 0 spiro atoms. The molecule has 9 heteroatoms. The van der Waals surface area contributed by atoms with E-state index in [1.807, 2.05) is 20.8 Å². The van der Waals surface area contributed by atoms with Crippen LogP contribution in [0.5, 0.6) is 0 Å². The van der Waals surface area contributed by atoms with Crippen molar-refractivity contribution in [3.8, 4) is 0 Å². The highest BCUT2D eigenvalue weighted by molar-refractivity contribution is 7.91.